The average Bonchev–Trinajstić information content (AvgIpc) is 3.11. The zero-order valence-corrected chi connectivity index (χ0v) is 16.3. The van der Waals surface area contributed by atoms with E-state index < -0.39 is 0 Å². The summed E-state index contributed by atoms with van der Waals surface area (Å²) >= 11 is 0. The molecule has 1 amide bonds. The molecule has 0 N–H and O–H groups in total. The van der Waals surface area contributed by atoms with Crippen molar-refractivity contribution >= 4 is 11.6 Å². The van der Waals surface area contributed by atoms with Gasteiger partial charge < -0.3 is 14.5 Å². The van der Waals surface area contributed by atoms with Gasteiger partial charge in [0.2, 0.25) is 0 Å². The van der Waals surface area contributed by atoms with Crippen LogP contribution in [0.25, 0.3) is 5.69 Å². The second-order valence-corrected chi connectivity index (χ2v) is 6.98. The number of anilines is 1. The van der Waals surface area contributed by atoms with Crippen LogP contribution < -0.4 is 9.64 Å². The smallest absolute Gasteiger partial charge is 0.257 e. The molecule has 1 fully saturated rings. The highest BCUT2D eigenvalue weighted by molar-refractivity contribution is 5.93. The molecule has 0 unspecified atom stereocenters. The molecule has 29 heavy (non-hydrogen) atoms. The van der Waals surface area contributed by atoms with Crippen LogP contribution in [0.1, 0.15) is 16.8 Å². The summed E-state index contributed by atoms with van der Waals surface area (Å²) in [6.07, 6.45) is 4.14. The lowest BCUT2D eigenvalue weighted by Gasteiger charge is -2.24. The number of nitrogens with zero attached hydrogens (tertiary/aromatic N) is 4. The molecule has 7 heteroatoms. The normalized spacial score (nSPS) is 14.6. The molecule has 6 nitrogen and oxygen atoms in total. The highest BCUT2D eigenvalue weighted by Crippen LogP contribution is 2.22. The van der Waals surface area contributed by atoms with E-state index in [0.717, 1.165) is 30.9 Å². The van der Waals surface area contributed by atoms with Gasteiger partial charge in [-0.25, -0.2) is 9.07 Å². The Morgan fingerprint density at radius 1 is 1.03 bits per heavy atom. The van der Waals surface area contributed by atoms with E-state index in [0.29, 0.717) is 24.3 Å². The van der Waals surface area contributed by atoms with Crippen LogP contribution in [-0.2, 0) is 0 Å². The maximum absolute atomic E-state index is 13.1. The lowest BCUT2D eigenvalue weighted by Crippen LogP contribution is -2.35. The minimum absolute atomic E-state index is 0.0362. The molecule has 3 aromatic rings. The van der Waals surface area contributed by atoms with Crippen molar-refractivity contribution in [3.05, 3.63) is 72.3 Å². The summed E-state index contributed by atoms with van der Waals surface area (Å²) in [5.41, 5.74) is 2.34. The molecule has 0 atom stereocenters. The summed E-state index contributed by atoms with van der Waals surface area (Å²) in [4.78, 5) is 17.1. The highest BCUT2D eigenvalue weighted by atomic mass is 19.1. The first kappa shape index (κ1) is 19.0. The third-order valence-electron chi connectivity index (χ3n) is 5.12. The van der Waals surface area contributed by atoms with Gasteiger partial charge in [-0.1, -0.05) is 6.07 Å². The maximum atomic E-state index is 13.1. The third-order valence-corrected chi connectivity index (χ3v) is 5.12. The number of benzene rings is 2. The first-order valence-electron chi connectivity index (χ1n) is 9.63. The quantitative estimate of drug-likeness (QED) is 0.681. The zero-order chi connectivity index (χ0) is 20.2. The molecule has 0 aliphatic carbocycles. The molecular weight excluding hydrogens is 371 g/mol. The summed E-state index contributed by atoms with van der Waals surface area (Å²) in [6.45, 7) is 2.97. The first-order valence-corrected chi connectivity index (χ1v) is 9.63. The van der Waals surface area contributed by atoms with Gasteiger partial charge >= 0.3 is 0 Å². The summed E-state index contributed by atoms with van der Waals surface area (Å²) in [5.74, 6) is 0.487. The van der Waals surface area contributed by atoms with Crippen LogP contribution in [0.2, 0.25) is 0 Å². The fourth-order valence-electron chi connectivity index (χ4n) is 3.54. The number of rotatable bonds is 4. The topological polar surface area (TPSA) is 50.6 Å². The molecule has 1 saturated heterocycles. The first-order chi connectivity index (χ1) is 14.1. The Morgan fingerprint density at radius 2 is 1.86 bits per heavy atom. The molecule has 2 aromatic carbocycles. The SMILES string of the molecule is COc1cccc(N2CCCN(C(=O)c3cnn(-c4ccc(F)cc4)c3)CC2)c1. The second-order valence-electron chi connectivity index (χ2n) is 6.98. The van der Waals surface area contributed by atoms with E-state index in [9.17, 15) is 9.18 Å². The maximum Gasteiger partial charge on any atom is 0.257 e. The van der Waals surface area contributed by atoms with Gasteiger partial charge in [-0.3, -0.25) is 4.79 Å². The predicted molar refractivity (Wildman–Crippen MR) is 109 cm³/mol. The largest absolute Gasteiger partial charge is 0.497 e. The molecule has 1 aliphatic heterocycles. The molecule has 150 valence electrons. The third kappa shape index (κ3) is 4.23. The van der Waals surface area contributed by atoms with Crippen molar-refractivity contribution in [1.82, 2.24) is 14.7 Å². The number of carbonyl (C=O) groups excluding carboxylic acids is 1. The van der Waals surface area contributed by atoms with Crippen LogP contribution in [-0.4, -0.2) is 53.9 Å². The molecule has 4 rings (SSSR count). The Kier molecular flexibility index (Phi) is 5.46. The van der Waals surface area contributed by atoms with E-state index in [1.165, 1.54) is 12.1 Å². The number of carbonyl (C=O) groups is 1. The van der Waals surface area contributed by atoms with Crippen molar-refractivity contribution in [2.75, 3.05) is 38.2 Å². The Hall–Kier alpha value is -3.35. The summed E-state index contributed by atoms with van der Waals surface area (Å²) in [7, 11) is 1.66. The second kappa shape index (κ2) is 8.34. The number of halogens is 1. The summed E-state index contributed by atoms with van der Waals surface area (Å²) in [5, 5.41) is 4.26. The van der Waals surface area contributed by atoms with E-state index in [4.69, 9.17) is 4.74 Å². The monoisotopic (exact) mass is 394 g/mol. The fraction of sp³-hybridized carbons (Fsp3) is 0.273. The Bertz CT molecular complexity index is 986. The van der Waals surface area contributed by atoms with Crippen LogP contribution in [0.4, 0.5) is 10.1 Å². The van der Waals surface area contributed by atoms with Gasteiger partial charge in [-0.2, -0.15) is 5.10 Å². The Labute approximate surface area is 169 Å². The lowest BCUT2D eigenvalue weighted by molar-refractivity contribution is 0.0767. The van der Waals surface area contributed by atoms with Crippen molar-refractivity contribution in [1.29, 1.82) is 0 Å². The highest BCUT2D eigenvalue weighted by Gasteiger charge is 2.22. The number of hydrogen-bond donors (Lipinski definition) is 0. The van der Waals surface area contributed by atoms with Gasteiger partial charge in [-0.05, 0) is 42.8 Å². The molecule has 0 saturated carbocycles. The summed E-state index contributed by atoms with van der Waals surface area (Å²) in [6, 6.07) is 14.0. The molecule has 2 heterocycles. The van der Waals surface area contributed by atoms with Crippen LogP contribution >= 0.6 is 0 Å². The average molecular weight is 394 g/mol. The van der Waals surface area contributed by atoms with Gasteiger partial charge in [0.05, 0.1) is 24.6 Å². The number of ether oxygens (including phenoxy) is 1. The molecule has 0 radical (unpaired) electrons. The fourth-order valence-corrected chi connectivity index (χ4v) is 3.54. The van der Waals surface area contributed by atoms with Gasteiger partial charge in [0, 0.05) is 44.1 Å². The number of hydrogen-bond acceptors (Lipinski definition) is 4. The van der Waals surface area contributed by atoms with Crippen LogP contribution in [0.5, 0.6) is 5.75 Å². The van der Waals surface area contributed by atoms with E-state index in [1.807, 2.05) is 23.1 Å². The molecule has 1 aromatic heterocycles. The predicted octanol–water partition coefficient (Wildman–Crippen LogP) is 3.37. The van der Waals surface area contributed by atoms with Gasteiger partial charge in [0.15, 0.2) is 0 Å². The van der Waals surface area contributed by atoms with Crippen LogP contribution in [0.3, 0.4) is 0 Å². The number of amides is 1. The minimum Gasteiger partial charge on any atom is -0.497 e. The summed E-state index contributed by atoms with van der Waals surface area (Å²) < 4.78 is 20.0. The van der Waals surface area contributed by atoms with Crippen molar-refractivity contribution in [3.63, 3.8) is 0 Å². The minimum atomic E-state index is -0.303. The van der Waals surface area contributed by atoms with E-state index in [-0.39, 0.29) is 11.7 Å². The Morgan fingerprint density at radius 3 is 2.66 bits per heavy atom. The van der Waals surface area contributed by atoms with E-state index in [1.54, 1.807) is 36.3 Å². The molecule has 1 aliphatic rings. The molecule has 0 spiro atoms. The number of aromatic nitrogens is 2. The van der Waals surface area contributed by atoms with E-state index >= 15 is 0 Å². The number of methoxy groups -OCH3 is 1. The van der Waals surface area contributed by atoms with Crippen molar-refractivity contribution < 1.29 is 13.9 Å². The van der Waals surface area contributed by atoms with Crippen LogP contribution in [0, 0.1) is 5.82 Å². The zero-order valence-electron chi connectivity index (χ0n) is 16.3. The lowest BCUT2D eigenvalue weighted by atomic mass is 10.2. The van der Waals surface area contributed by atoms with Gasteiger partial charge in [-0.15, -0.1) is 0 Å². The standard InChI is InChI=1S/C22H23FN4O2/c1-29-21-5-2-4-20(14-21)25-10-3-11-26(13-12-25)22(28)17-15-24-27(16-17)19-8-6-18(23)7-9-19/h2,4-9,14-16H,3,10-13H2,1H3. The Balaban J connectivity index is 1.44. The van der Waals surface area contributed by atoms with Gasteiger partial charge in [0.25, 0.3) is 5.91 Å². The van der Waals surface area contributed by atoms with Gasteiger partial charge in [0.1, 0.15) is 11.6 Å². The van der Waals surface area contributed by atoms with Crippen LogP contribution in [0.15, 0.2) is 60.9 Å². The molecule has 0 bridgehead atoms. The van der Waals surface area contributed by atoms with Crippen molar-refractivity contribution in [3.8, 4) is 11.4 Å². The van der Waals surface area contributed by atoms with Crippen molar-refractivity contribution in [2.24, 2.45) is 0 Å². The van der Waals surface area contributed by atoms with E-state index in [2.05, 4.69) is 16.1 Å². The molecular formula is C22H23FN4O2. The van der Waals surface area contributed by atoms with Crippen molar-refractivity contribution in [2.45, 2.75) is 6.42 Å².